The molecule has 0 spiro atoms. The molecular formula is C14H16ClN3. The molecule has 0 aliphatic carbocycles. The number of rotatable bonds is 4. The van der Waals surface area contributed by atoms with Gasteiger partial charge in [-0.25, -0.2) is 0 Å². The number of hydrogen-bond acceptors (Lipinski definition) is 3. The zero-order chi connectivity index (χ0) is 13.0. The molecule has 1 aromatic carbocycles. The van der Waals surface area contributed by atoms with Crippen LogP contribution < -0.4 is 5.32 Å². The van der Waals surface area contributed by atoms with Gasteiger partial charge in [0.2, 0.25) is 0 Å². The van der Waals surface area contributed by atoms with Gasteiger partial charge in [0, 0.05) is 30.5 Å². The molecule has 2 aromatic rings. The van der Waals surface area contributed by atoms with Crippen LogP contribution in [0.2, 0.25) is 5.02 Å². The van der Waals surface area contributed by atoms with Crippen LogP contribution in [0, 0.1) is 13.8 Å². The van der Waals surface area contributed by atoms with Gasteiger partial charge in [-0.05, 0) is 31.0 Å². The highest BCUT2D eigenvalue weighted by molar-refractivity contribution is 6.31. The summed E-state index contributed by atoms with van der Waals surface area (Å²) >= 11 is 6.08. The maximum absolute atomic E-state index is 6.08. The third kappa shape index (κ3) is 3.52. The van der Waals surface area contributed by atoms with E-state index in [0.717, 1.165) is 28.5 Å². The highest BCUT2D eigenvalue weighted by Gasteiger charge is 1.99. The lowest BCUT2D eigenvalue weighted by Crippen LogP contribution is -2.14. The number of hydrogen-bond donors (Lipinski definition) is 1. The van der Waals surface area contributed by atoms with Crippen molar-refractivity contribution in [2.45, 2.75) is 26.9 Å². The van der Waals surface area contributed by atoms with Gasteiger partial charge in [-0.3, -0.25) is 9.97 Å². The van der Waals surface area contributed by atoms with Gasteiger partial charge in [0.05, 0.1) is 11.4 Å². The summed E-state index contributed by atoms with van der Waals surface area (Å²) in [5.41, 5.74) is 4.15. The van der Waals surface area contributed by atoms with E-state index in [1.54, 1.807) is 12.4 Å². The summed E-state index contributed by atoms with van der Waals surface area (Å²) in [4.78, 5) is 8.50. The summed E-state index contributed by atoms with van der Waals surface area (Å²) in [7, 11) is 0. The van der Waals surface area contributed by atoms with Crippen LogP contribution in [0.1, 0.15) is 22.5 Å². The smallest absolute Gasteiger partial charge is 0.0724 e. The van der Waals surface area contributed by atoms with Gasteiger partial charge >= 0.3 is 0 Å². The maximum Gasteiger partial charge on any atom is 0.0724 e. The summed E-state index contributed by atoms with van der Waals surface area (Å²) in [6.07, 6.45) is 3.57. The van der Waals surface area contributed by atoms with Gasteiger partial charge in [-0.1, -0.05) is 23.7 Å². The van der Waals surface area contributed by atoms with Gasteiger partial charge < -0.3 is 5.32 Å². The fourth-order valence-corrected chi connectivity index (χ4v) is 1.79. The second-order valence-electron chi connectivity index (χ2n) is 4.34. The minimum atomic E-state index is 0.707. The average Bonchev–Trinajstić information content (AvgIpc) is 2.36. The van der Waals surface area contributed by atoms with E-state index in [4.69, 9.17) is 11.6 Å². The highest BCUT2D eigenvalue weighted by Crippen LogP contribution is 2.16. The molecule has 0 aliphatic rings. The largest absolute Gasteiger partial charge is 0.307 e. The van der Waals surface area contributed by atoms with Crippen LogP contribution in [0.5, 0.6) is 0 Å². The zero-order valence-electron chi connectivity index (χ0n) is 10.6. The van der Waals surface area contributed by atoms with Crippen molar-refractivity contribution >= 4 is 11.6 Å². The second-order valence-corrected chi connectivity index (χ2v) is 4.74. The molecule has 0 aliphatic heterocycles. The van der Waals surface area contributed by atoms with Crippen LogP contribution in [0.3, 0.4) is 0 Å². The van der Waals surface area contributed by atoms with Crippen LogP contribution >= 0.6 is 11.6 Å². The Labute approximate surface area is 112 Å². The molecule has 0 unspecified atom stereocenters. The Morgan fingerprint density at radius 3 is 2.61 bits per heavy atom. The van der Waals surface area contributed by atoms with Crippen molar-refractivity contribution in [2.24, 2.45) is 0 Å². The van der Waals surface area contributed by atoms with E-state index in [9.17, 15) is 0 Å². The predicted octanol–water partition coefficient (Wildman–Crippen LogP) is 3.04. The predicted molar refractivity (Wildman–Crippen MR) is 73.5 cm³/mol. The molecule has 0 saturated heterocycles. The Balaban J connectivity index is 1.88. The van der Waals surface area contributed by atoms with E-state index in [1.807, 2.05) is 26.0 Å². The number of halogens is 1. The lowest BCUT2D eigenvalue weighted by Gasteiger charge is -2.06. The van der Waals surface area contributed by atoms with E-state index in [2.05, 4.69) is 21.4 Å². The molecule has 1 heterocycles. The van der Waals surface area contributed by atoms with Crippen molar-refractivity contribution in [3.8, 4) is 0 Å². The molecule has 2 rings (SSSR count). The third-order valence-corrected chi connectivity index (χ3v) is 3.11. The van der Waals surface area contributed by atoms with Gasteiger partial charge in [0.15, 0.2) is 0 Å². The minimum Gasteiger partial charge on any atom is -0.307 e. The Bertz CT molecular complexity index is 523. The molecule has 0 saturated carbocycles. The summed E-state index contributed by atoms with van der Waals surface area (Å²) in [5, 5.41) is 4.13. The van der Waals surface area contributed by atoms with Crippen molar-refractivity contribution < 1.29 is 0 Å². The van der Waals surface area contributed by atoms with Crippen molar-refractivity contribution in [1.29, 1.82) is 0 Å². The molecule has 0 amide bonds. The lowest BCUT2D eigenvalue weighted by molar-refractivity contribution is 0.676. The first-order valence-corrected chi connectivity index (χ1v) is 6.26. The fraction of sp³-hybridized carbons (Fsp3) is 0.286. The first-order chi connectivity index (χ1) is 8.65. The molecule has 94 valence electrons. The fourth-order valence-electron chi connectivity index (χ4n) is 1.59. The van der Waals surface area contributed by atoms with Crippen molar-refractivity contribution in [3.63, 3.8) is 0 Å². The van der Waals surface area contributed by atoms with Crippen LogP contribution in [0.15, 0.2) is 30.6 Å². The molecule has 0 radical (unpaired) electrons. The van der Waals surface area contributed by atoms with E-state index >= 15 is 0 Å². The van der Waals surface area contributed by atoms with Gasteiger partial charge in [-0.15, -0.1) is 0 Å². The molecule has 4 heteroatoms. The molecule has 0 atom stereocenters. The van der Waals surface area contributed by atoms with E-state index < -0.39 is 0 Å². The van der Waals surface area contributed by atoms with Gasteiger partial charge in [-0.2, -0.15) is 0 Å². The van der Waals surface area contributed by atoms with Gasteiger partial charge in [0.1, 0.15) is 0 Å². The Morgan fingerprint density at radius 1 is 1.11 bits per heavy atom. The molecule has 1 N–H and O–H groups in total. The van der Waals surface area contributed by atoms with Crippen LogP contribution in [0.4, 0.5) is 0 Å². The van der Waals surface area contributed by atoms with Crippen LogP contribution in [-0.2, 0) is 13.1 Å². The first-order valence-electron chi connectivity index (χ1n) is 5.88. The zero-order valence-corrected chi connectivity index (χ0v) is 11.3. The summed E-state index contributed by atoms with van der Waals surface area (Å²) < 4.78 is 0. The highest BCUT2D eigenvalue weighted by atomic mass is 35.5. The van der Waals surface area contributed by atoms with Crippen molar-refractivity contribution in [1.82, 2.24) is 15.3 Å². The normalized spacial score (nSPS) is 10.6. The number of nitrogens with zero attached hydrogens (tertiary/aromatic N) is 2. The third-order valence-electron chi connectivity index (χ3n) is 2.71. The van der Waals surface area contributed by atoms with Crippen molar-refractivity contribution in [3.05, 3.63) is 58.1 Å². The monoisotopic (exact) mass is 261 g/mol. The second kappa shape index (κ2) is 5.94. The molecule has 1 aromatic heterocycles. The van der Waals surface area contributed by atoms with Gasteiger partial charge in [0.25, 0.3) is 0 Å². The number of nitrogens with one attached hydrogen (secondary N) is 1. The molecule has 0 fully saturated rings. The van der Waals surface area contributed by atoms with E-state index in [0.29, 0.717) is 6.54 Å². The summed E-state index contributed by atoms with van der Waals surface area (Å²) in [6, 6.07) is 6.10. The van der Waals surface area contributed by atoms with Crippen LogP contribution in [0.25, 0.3) is 0 Å². The molecule has 0 bridgehead atoms. The Kier molecular flexibility index (Phi) is 4.28. The Hall–Kier alpha value is -1.45. The number of aryl methyl sites for hydroxylation is 2. The first kappa shape index (κ1) is 13.0. The minimum absolute atomic E-state index is 0.707. The number of aromatic nitrogens is 2. The van der Waals surface area contributed by atoms with E-state index in [-0.39, 0.29) is 0 Å². The topological polar surface area (TPSA) is 37.8 Å². The lowest BCUT2D eigenvalue weighted by atomic mass is 10.1. The number of benzene rings is 1. The molecule has 3 nitrogen and oxygen atoms in total. The summed E-state index contributed by atoms with van der Waals surface area (Å²) in [6.45, 7) is 5.41. The Morgan fingerprint density at radius 2 is 1.94 bits per heavy atom. The SMILES string of the molecule is Cc1cnc(CNCc2ccc(C)c(Cl)c2)cn1. The molecular weight excluding hydrogens is 246 g/mol. The van der Waals surface area contributed by atoms with Crippen LogP contribution in [-0.4, -0.2) is 9.97 Å². The van der Waals surface area contributed by atoms with Crippen molar-refractivity contribution in [2.75, 3.05) is 0 Å². The quantitative estimate of drug-likeness (QED) is 0.919. The molecule has 18 heavy (non-hydrogen) atoms. The van der Waals surface area contributed by atoms with E-state index in [1.165, 1.54) is 5.56 Å². The standard InChI is InChI=1S/C14H16ClN3/c1-10-3-4-12(5-14(10)15)7-16-8-13-9-17-11(2)6-18-13/h3-6,9,16H,7-8H2,1-2H3. The maximum atomic E-state index is 6.08. The average molecular weight is 262 g/mol. The summed E-state index contributed by atoms with van der Waals surface area (Å²) in [5.74, 6) is 0.